The molecule has 1 fully saturated rings. The van der Waals surface area contributed by atoms with E-state index in [2.05, 4.69) is 16.5 Å². The first-order valence-electron chi connectivity index (χ1n) is 14.3. The van der Waals surface area contributed by atoms with Crippen molar-refractivity contribution >= 4 is 45.8 Å². The Balaban J connectivity index is 1.75. The van der Waals surface area contributed by atoms with Gasteiger partial charge in [0.25, 0.3) is 11.5 Å². The third-order valence-electron chi connectivity index (χ3n) is 8.43. The Hall–Kier alpha value is -4.84. The third-order valence-corrected chi connectivity index (χ3v) is 8.72. The normalized spacial score (nSPS) is 18.2. The predicted molar refractivity (Wildman–Crippen MR) is 170 cm³/mol. The number of hydrogen-bond donors (Lipinski definition) is 1. The van der Waals surface area contributed by atoms with Gasteiger partial charge in [-0.05, 0) is 36.6 Å². The van der Waals surface area contributed by atoms with Gasteiger partial charge in [-0.1, -0.05) is 45.0 Å². The number of likely N-dealkylation sites (N-methyl/N-ethyl adjacent to an activating group) is 1. The fraction of sp³-hybridized carbons (Fsp3) is 0.312. The zero-order valence-electron chi connectivity index (χ0n) is 25.4. The number of amides is 2. The van der Waals surface area contributed by atoms with Gasteiger partial charge < -0.3 is 19.8 Å². The maximum atomic E-state index is 15.2. The Labute approximate surface area is 263 Å². The van der Waals surface area contributed by atoms with Gasteiger partial charge in [-0.15, -0.1) is 0 Å². The molecule has 2 aliphatic heterocycles. The molecule has 1 N–H and O–H groups in total. The lowest BCUT2D eigenvalue weighted by Gasteiger charge is -2.49. The van der Waals surface area contributed by atoms with Crippen LogP contribution in [0.5, 0.6) is 5.75 Å². The molecule has 45 heavy (non-hydrogen) atoms. The van der Waals surface area contributed by atoms with Crippen molar-refractivity contribution in [2.24, 2.45) is 0 Å². The van der Waals surface area contributed by atoms with Gasteiger partial charge in [0.2, 0.25) is 5.91 Å². The number of phenolic OH excluding ortho intramolecular Hbond substituents is 1. The molecule has 2 aliphatic rings. The first-order valence-corrected chi connectivity index (χ1v) is 14.7. The molecule has 0 saturated carbocycles. The van der Waals surface area contributed by atoms with E-state index in [4.69, 9.17) is 16.6 Å². The van der Waals surface area contributed by atoms with E-state index in [-0.39, 0.29) is 70.1 Å². The highest BCUT2D eigenvalue weighted by atomic mass is 35.5. The van der Waals surface area contributed by atoms with E-state index in [1.54, 1.807) is 17.2 Å². The second kappa shape index (κ2) is 10.7. The highest BCUT2D eigenvalue weighted by Gasteiger charge is 2.46. The molecule has 1 aromatic carbocycles. The number of piperazine rings is 1. The molecule has 13 heteroatoms. The van der Waals surface area contributed by atoms with E-state index < -0.39 is 22.8 Å². The van der Waals surface area contributed by atoms with Crippen LogP contribution in [0.4, 0.5) is 15.8 Å². The van der Waals surface area contributed by atoms with Crippen LogP contribution in [-0.2, 0) is 15.0 Å². The van der Waals surface area contributed by atoms with E-state index >= 15 is 4.39 Å². The van der Waals surface area contributed by atoms with Gasteiger partial charge >= 0.3 is 0 Å². The number of hydrogen-bond acceptors (Lipinski definition) is 8. The Morgan fingerprint density at radius 2 is 1.93 bits per heavy atom. The summed E-state index contributed by atoms with van der Waals surface area (Å²) in [7, 11) is 1.51. The number of rotatable bonds is 3. The lowest BCUT2D eigenvalue weighted by Crippen LogP contribution is -2.66. The quantitative estimate of drug-likeness (QED) is 0.334. The van der Waals surface area contributed by atoms with Crippen LogP contribution in [-0.4, -0.2) is 73.6 Å². The fourth-order valence-electron chi connectivity index (χ4n) is 6.19. The standard InChI is InChI=1S/C32H31ClFN7O4/c1-7-23(43)39-14-21-30(44)38(6)27-26(40(21)13-16(39)2)17-11-19(33)25(24-20(34)9-8-10-22(24)42)37-28(17)41(31(27)45)29-18(32(3,4)5)12-35-15-36-29/h7-12,15-16,21,42H,1,13-14H2,2-6H3/t16-,21-/m1/s1. The number of carbonyl (C=O) groups excluding carboxylic acids is 2. The summed E-state index contributed by atoms with van der Waals surface area (Å²) in [6.45, 7) is 11.6. The van der Waals surface area contributed by atoms with Crippen molar-refractivity contribution in [2.75, 3.05) is 29.9 Å². The van der Waals surface area contributed by atoms with Crippen molar-refractivity contribution in [2.45, 2.75) is 45.2 Å². The number of fused-ring (bicyclic) bond motifs is 5. The Morgan fingerprint density at radius 1 is 1.20 bits per heavy atom. The number of halogens is 2. The van der Waals surface area contributed by atoms with Crippen LogP contribution in [0.1, 0.15) is 33.3 Å². The summed E-state index contributed by atoms with van der Waals surface area (Å²) >= 11 is 6.80. The number of nitrogens with zero attached hydrogens (tertiary/aromatic N) is 7. The highest BCUT2D eigenvalue weighted by molar-refractivity contribution is 6.34. The number of benzene rings is 1. The molecule has 0 spiro atoms. The van der Waals surface area contributed by atoms with Crippen LogP contribution >= 0.6 is 11.6 Å². The van der Waals surface area contributed by atoms with Gasteiger partial charge in [0.15, 0.2) is 5.65 Å². The average molecular weight is 632 g/mol. The monoisotopic (exact) mass is 631 g/mol. The number of pyridine rings is 2. The first-order chi connectivity index (χ1) is 21.3. The lowest BCUT2D eigenvalue weighted by molar-refractivity contribution is -0.130. The van der Waals surface area contributed by atoms with Crippen LogP contribution in [0.3, 0.4) is 0 Å². The summed E-state index contributed by atoms with van der Waals surface area (Å²) in [6.07, 6.45) is 4.13. The van der Waals surface area contributed by atoms with E-state index in [9.17, 15) is 19.5 Å². The van der Waals surface area contributed by atoms with Gasteiger partial charge in [-0.25, -0.2) is 23.9 Å². The molecule has 232 valence electrons. The first kappa shape index (κ1) is 30.2. The second-order valence-corrected chi connectivity index (χ2v) is 12.7. The number of anilines is 2. The van der Waals surface area contributed by atoms with Crippen molar-refractivity contribution < 1.29 is 19.1 Å². The Bertz CT molecular complexity index is 1970. The molecule has 5 heterocycles. The van der Waals surface area contributed by atoms with Crippen LogP contribution < -0.4 is 15.4 Å². The second-order valence-electron chi connectivity index (χ2n) is 12.3. The number of carbonyl (C=O) groups is 2. The van der Waals surface area contributed by atoms with Crippen LogP contribution in [0.15, 0.2) is 54.2 Å². The largest absolute Gasteiger partial charge is 0.507 e. The number of phenols is 1. The minimum absolute atomic E-state index is 0.0126. The maximum absolute atomic E-state index is 15.2. The minimum Gasteiger partial charge on any atom is -0.507 e. The van der Waals surface area contributed by atoms with Crippen molar-refractivity contribution in [1.29, 1.82) is 0 Å². The molecule has 2 amide bonds. The zero-order valence-corrected chi connectivity index (χ0v) is 26.1. The predicted octanol–water partition coefficient (Wildman–Crippen LogP) is 4.21. The Morgan fingerprint density at radius 3 is 2.60 bits per heavy atom. The molecule has 11 nitrogen and oxygen atoms in total. The van der Waals surface area contributed by atoms with Crippen LogP contribution in [0.25, 0.3) is 28.1 Å². The molecule has 0 aliphatic carbocycles. The topological polar surface area (TPSA) is 125 Å². The molecule has 0 unspecified atom stereocenters. The van der Waals surface area contributed by atoms with Crippen molar-refractivity contribution in [1.82, 2.24) is 24.4 Å². The number of aromatic nitrogens is 4. The summed E-state index contributed by atoms with van der Waals surface area (Å²) in [4.78, 5) is 59.4. The van der Waals surface area contributed by atoms with Crippen LogP contribution in [0.2, 0.25) is 5.02 Å². The molecular formula is C32H31ClFN7O4. The zero-order chi connectivity index (χ0) is 32.5. The summed E-state index contributed by atoms with van der Waals surface area (Å²) in [6, 6.07) is 4.27. The van der Waals surface area contributed by atoms with Gasteiger partial charge in [0.05, 0.1) is 28.5 Å². The minimum atomic E-state index is -0.806. The summed E-state index contributed by atoms with van der Waals surface area (Å²) in [5.74, 6) is -1.58. The van der Waals surface area contributed by atoms with Crippen molar-refractivity contribution in [3.63, 3.8) is 0 Å². The molecule has 2 atom stereocenters. The lowest BCUT2D eigenvalue weighted by atomic mass is 9.88. The molecule has 3 aromatic heterocycles. The van der Waals surface area contributed by atoms with Gasteiger partial charge in [0, 0.05) is 36.8 Å². The van der Waals surface area contributed by atoms with Gasteiger partial charge in [0.1, 0.15) is 35.4 Å². The molecule has 0 radical (unpaired) electrons. The maximum Gasteiger partial charge on any atom is 0.284 e. The molecule has 4 aromatic rings. The summed E-state index contributed by atoms with van der Waals surface area (Å²) in [5.41, 5.74) is -0.226. The van der Waals surface area contributed by atoms with E-state index in [0.29, 0.717) is 16.6 Å². The number of aromatic hydroxyl groups is 1. The molecule has 1 saturated heterocycles. The van der Waals surface area contributed by atoms with Gasteiger partial charge in [-0.2, -0.15) is 0 Å². The molecule has 0 bridgehead atoms. The fourth-order valence-corrected chi connectivity index (χ4v) is 6.44. The van der Waals surface area contributed by atoms with E-state index in [1.807, 2.05) is 32.6 Å². The Kier molecular flexibility index (Phi) is 7.15. The van der Waals surface area contributed by atoms with E-state index in [1.165, 1.54) is 47.1 Å². The SMILES string of the molecule is C=CC(=O)N1C[C@@H]2C(=O)N(C)c3c(c4cc(Cl)c(-c5c(O)cccc5F)nc4n(-c4ncncc4C(C)(C)C)c3=O)N2C[C@H]1C. The van der Waals surface area contributed by atoms with Crippen molar-refractivity contribution in [3.8, 4) is 22.8 Å². The summed E-state index contributed by atoms with van der Waals surface area (Å²) < 4.78 is 16.5. The molecular weight excluding hydrogens is 601 g/mol. The van der Waals surface area contributed by atoms with Gasteiger partial charge in [-0.3, -0.25) is 14.4 Å². The smallest absolute Gasteiger partial charge is 0.284 e. The third kappa shape index (κ3) is 4.62. The average Bonchev–Trinajstić information content (AvgIpc) is 2.99. The highest BCUT2D eigenvalue weighted by Crippen LogP contribution is 2.44. The van der Waals surface area contributed by atoms with Crippen molar-refractivity contribution in [3.05, 3.63) is 76.2 Å². The van der Waals surface area contributed by atoms with Crippen LogP contribution in [0, 0.1) is 5.82 Å². The van der Waals surface area contributed by atoms with E-state index in [0.717, 1.165) is 0 Å². The molecule has 6 rings (SSSR count). The summed E-state index contributed by atoms with van der Waals surface area (Å²) in [5, 5.41) is 11.1.